The zero-order chi connectivity index (χ0) is 16.8. The molecule has 0 saturated heterocycles. The van der Waals surface area contributed by atoms with Crippen molar-refractivity contribution in [2.75, 3.05) is 28.4 Å². The molecule has 1 rings (SSSR count). The number of nitrogens with one attached hydrogen (secondary N) is 2. The van der Waals surface area contributed by atoms with Crippen LogP contribution in [0.3, 0.4) is 0 Å². The highest BCUT2D eigenvalue weighted by atomic mass is 16.5. The van der Waals surface area contributed by atoms with Gasteiger partial charge in [0.2, 0.25) is 0 Å². The van der Waals surface area contributed by atoms with Crippen LogP contribution in [0.5, 0.6) is 17.2 Å². The van der Waals surface area contributed by atoms with Crippen molar-refractivity contribution in [3.63, 3.8) is 0 Å². The average molecular weight is 309 g/mol. The van der Waals surface area contributed by atoms with Crippen LogP contribution in [-0.2, 0) is 6.54 Å². The zero-order valence-electron chi connectivity index (χ0n) is 14.5. The van der Waals surface area contributed by atoms with Crippen LogP contribution >= 0.6 is 0 Å². The van der Waals surface area contributed by atoms with Crippen LogP contribution in [0.4, 0.5) is 0 Å². The van der Waals surface area contributed by atoms with Gasteiger partial charge in [0, 0.05) is 30.8 Å². The summed E-state index contributed by atoms with van der Waals surface area (Å²) in [6, 6.07) is 3.71. The van der Waals surface area contributed by atoms with Crippen LogP contribution in [-0.4, -0.2) is 39.9 Å². The molecule has 1 aromatic carbocycles. The highest BCUT2D eigenvalue weighted by Crippen LogP contribution is 2.34. The van der Waals surface area contributed by atoms with Crippen LogP contribution < -0.4 is 24.8 Å². The molecule has 22 heavy (non-hydrogen) atoms. The van der Waals surface area contributed by atoms with Gasteiger partial charge in [0.05, 0.1) is 21.3 Å². The van der Waals surface area contributed by atoms with Gasteiger partial charge in [-0.25, -0.2) is 0 Å². The summed E-state index contributed by atoms with van der Waals surface area (Å²) in [7, 11) is 6.59. The largest absolute Gasteiger partial charge is 0.496 e. The number of hydrogen-bond donors (Lipinski definition) is 2. The van der Waals surface area contributed by atoms with Gasteiger partial charge < -0.3 is 24.8 Å². The van der Waals surface area contributed by atoms with Crippen molar-refractivity contribution in [2.45, 2.75) is 32.9 Å². The van der Waals surface area contributed by atoms with Gasteiger partial charge in [0.25, 0.3) is 0 Å². The molecule has 0 spiro atoms. The molecule has 6 heteroatoms. The van der Waals surface area contributed by atoms with E-state index >= 15 is 0 Å². The molecular weight excluding hydrogens is 282 g/mol. The number of aliphatic imine (C=N–C) groups is 1. The van der Waals surface area contributed by atoms with Crippen LogP contribution in [0.25, 0.3) is 0 Å². The number of methoxy groups -OCH3 is 3. The standard InChI is InChI=1S/C16H27N3O3/c1-16(2,3)19-15(17-4)18-10-11-8-13(21-6)14(22-7)9-12(11)20-5/h8-9H,10H2,1-7H3,(H2,17,18,19). The van der Waals surface area contributed by atoms with E-state index < -0.39 is 0 Å². The Bertz CT molecular complexity index is 522. The number of hydrogen-bond acceptors (Lipinski definition) is 4. The average Bonchev–Trinajstić information content (AvgIpc) is 2.49. The van der Waals surface area contributed by atoms with Crippen molar-refractivity contribution in [3.05, 3.63) is 17.7 Å². The molecule has 0 aliphatic heterocycles. The third-order valence-electron chi connectivity index (χ3n) is 2.95. The summed E-state index contributed by atoms with van der Waals surface area (Å²) >= 11 is 0. The Labute approximate surface area is 132 Å². The van der Waals surface area contributed by atoms with E-state index in [0.717, 1.165) is 17.3 Å². The Kier molecular flexibility index (Phi) is 6.34. The second kappa shape index (κ2) is 7.77. The minimum atomic E-state index is -0.0659. The van der Waals surface area contributed by atoms with Crippen LogP contribution in [0, 0.1) is 0 Å². The lowest BCUT2D eigenvalue weighted by molar-refractivity contribution is 0.347. The summed E-state index contributed by atoms with van der Waals surface area (Å²) in [5, 5.41) is 6.58. The van der Waals surface area contributed by atoms with E-state index in [1.807, 2.05) is 12.1 Å². The SMILES string of the molecule is CN=C(NCc1cc(OC)c(OC)cc1OC)NC(C)(C)C. The number of benzene rings is 1. The predicted octanol–water partition coefficient (Wildman–Crippen LogP) is 2.18. The summed E-state index contributed by atoms with van der Waals surface area (Å²) in [6.07, 6.45) is 0. The van der Waals surface area contributed by atoms with E-state index in [2.05, 4.69) is 36.4 Å². The van der Waals surface area contributed by atoms with Crippen molar-refractivity contribution in [3.8, 4) is 17.2 Å². The van der Waals surface area contributed by atoms with Crippen molar-refractivity contribution >= 4 is 5.96 Å². The first-order valence-electron chi connectivity index (χ1n) is 7.12. The van der Waals surface area contributed by atoms with Gasteiger partial charge >= 0.3 is 0 Å². The molecule has 0 fully saturated rings. The third-order valence-corrected chi connectivity index (χ3v) is 2.95. The Morgan fingerprint density at radius 3 is 2.00 bits per heavy atom. The Morgan fingerprint density at radius 1 is 1.00 bits per heavy atom. The molecule has 0 aromatic heterocycles. The zero-order valence-corrected chi connectivity index (χ0v) is 14.5. The van der Waals surface area contributed by atoms with Crippen molar-refractivity contribution in [1.29, 1.82) is 0 Å². The number of nitrogens with zero attached hydrogens (tertiary/aromatic N) is 1. The van der Waals surface area contributed by atoms with Gasteiger partial charge in [-0.1, -0.05) is 0 Å². The molecule has 6 nitrogen and oxygen atoms in total. The summed E-state index contributed by atoms with van der Waals surface area (Å²) in [5.41, 5.74) is 0.890. The molecule has 0 saturated carbocycles. The maximum absolute atomic E-state index is 5.42. The van der Waals surface area contributed by atoms with E-state index in [0.29, 0.717) is 18.0 Å². The first-order chi connectivity index (χ1) is 10.3. The maximum Gasteiger partial charge on any atom is 0.191 e. The highest BCUT2D eigenvalue weighted by Gasteiger charge is 2.14. The van der Waals surface area contributed by atoms with E-state index in [9.17, 15) is 0 Å². The second-order valence-electron chi connectivity index (χ2n) is 5.82. The second-order valence-corrected chi connectivity index (χ2v) is 5.82. The fraction of sp³-hybridized carbons (Fsp3) is 0.562. The van der Waals surface area contributed by atoms with Gasteiger partial charge in [-0.3, -0.25) is 4.99 Å². The van der Waals surface area contributed by atoms with Gasteiger partial charge in [-0.05, 0) is 26.8 Å². The molecule has 0 atom stereocenters. The van der Waals surface area contributed by atoms with E-state index in [1.54, 1.807) is 28.4 Å². The lowest BCUT2D eigenvalue weighted by Gasteiger charge is -2.24. The summed E-state index contributed by atoms with van der Waals surface area (Å²) in [6.45, 7) is 6.80. The Morgan fingerprint density at radius 2 is 1.55 bits per heavy atom. The molecule has 0 heterocycles. The first-order valence-corrected chi connectivity index (χ1v) is 7.12. The maximum atomic E-state index is 5.42. The minimum absolute atomic E-state index is 0.0659. The molecule has 1 aromatic rings. The molecular formula is C16H27N3O3. The van der Waals surface area contributed by atoms with Crippen molar-refractivity contribution in [2.24, 2.45) is 4.99 Å². The molecule has 0 aliphatic carbocycles. The molecule has 0 amide bonds. The fourth-order valence-corrected chi connectivity index (χ4v) is 1.94. The number of rotatable bonds is 5. The molecule has 2 N–H and O–H groups in total. The fourth-order valence-electron chi connectivity index (χ4n) is 1.94. The highest BCUT2D eigenvalue weighted by molar-refractivity contribution is 5.80. The van der Waals surface area contributed by atoms with Gasteiger partial charge in [-0.15, -0.1) is 0 Å². The van der Waals surface area contributed by atoms with Crippen LogP contribution in [0.1, 0.15) is 26.3 Å². The molecule has 0 radical (unpaired) electrons. The van der Waals surface area contributed by atoms with Crippen LogP contribution in [0.15, 0.2) is 17.1 Å². The molecule has 0 bridgehead atoms. The van der Waals surface area contributed by atoms with Crippen molar-refractivity contribution < 1.29 is 14.2 Å². The van der Waals surface area contributed by atoms with Crippen LogP contribution in [0.2, 0.25) is 0 Å². The van der Waals surface area contributed by atoms with E-state index in [1.165, 1.54) is 0 Å². The monoisotopic (exact) mass is 309 g/mol. The predicted molar refractivity (Wildman–Crippen MR) is 89.2 cm³/mol. The third kappa shape index (κ3) is 5.02. The van der Waals surface area contributed by atoms with Gasteiger partial charge in [-0.2, -0.15) is 0 Å². The number of ether oxygens (including phenoxy) is 3. The van der Waals surface area contributed by atoms with Gasteiger partial charge in [0.15, 0.2) is 17.5 Å². The van der Waals surface area contributed by atoms with Crippen molar-refractivity contribution in [1.82, 2.24) is 10.6 Å². The smallest absolute Gasteiger partial charge is 0.191 e. The molecule has 0 aliphatic rings. The number of guanidine groups is 1. The minimum Gasteiger partial charge on any atom is -0.496 e. The topological polar surface area (TPSA) is 64.1 Å². The first kappa shape index (κ1) is 17.9. The van der Waals surface area contributed by atoms with E-state index in [4.69, 9.17) is 14.2 Å². The van der Waals surface area contributed by atoms with E-state index in [-0.39, 0.29) is 5.54 Å². The Hall–Kier alpha value is -2.11. The lowest BCUT2D eigenvalue weighted by Crippen LogP contribution is -2.47. The quantitative estimate of drug-likeness (QED) is 0.645. The summed E-state index contributed by atoms with van der Waals surface area (Å²) in [4.78, 5) is 4.22. The normalized spacial score (nSPS) is 11.9. The summed E-state index contributed by atoms with van der Waals surface area (Å²) in [5.74, 6) is 2.76. The Balaban J connectivity index is 2.92. The molecule has 124 valence electrons. The summed E-state index contributed by atoms with van der Waals surface area (Å²) < 4.78 is 16.0. The van der Waals surface area contributed by atoms with Gasteiger partial charge in [0.1, 0.15) is 5.75 Å². The lowest BCUT2D eigenvalue weighted by atomic mass is 10.1. The molecule has 0 unspecified atom stereocenters.